The topological polar surface area (TPSA) is 46.3 Å². The Morgan fingerprint density at radius 2 is 2.07 bits per heavy atom. The van der Waals surface area contributed by atoms with E-state index in [0.29, 0.717) is 5.91 Å². The van der Waals surface area contributed by atoms with Crippen LogP contribution in [0.4, 0.5) is 0 Å². The Morgan fingerprint density at radius 1 is 1.47 bits per heavy atom. The van der Waals surface area contributed by atoms with Crippen molar-refractivity contribution in [1.29, 1.82) is 0 Å². The van der Waals surface area contributed by atoms with Crippen molar-refractivity contribution in [1.82, 2.24) is 4.90 Å². The SMILES string of the molecule is CC(C)CCCN(C)C(=O)C1CC(N)C1. The van der Waals surface area contributed by atoms with Crippen molar-refractivity contribution in [3.63, 3.8) is 0 Å². The Balaban J connectivity index is 2.16. The molecule has 1 fully saturated rings. The van der Waals surface area contributed by atoms with E-state index >= 15 is 0 Å². The summed E-state index contributed by atoms with van der Waals surface area (Å²) in [4.78, 5) is 13.7. The average molecular weight is 212 g/mol. The fourth-order valence-electron chi connectivity index (χ4n) is 2.02. The third-order valence-corrected chi connectivity index (χ3v) is 3.17. The molecule has 0 radical (unpaired) electrons. The predicted molar refractivity (Wildman–Crippen MR) is 62.4 cm³/mol. The van der Waals surface area contributed by atoms with E-state index in [2.05, 4.69) is 13.8 Å². The highest BCUT2D eigenvalue weighted by Crippen LogP contribution is 2.27. The van der Waals surface area contributed by atoms with Crippen LogP contribution in [0.2, 0.25) is 0 Å². The van der Waals surface area contributed by atoms with E-state index in [1.807, 2.05) is 11.9 Å². The molecule has 0 atom stereocenters. The summed E-state index contributed by atoms with van der Waals surface area (Å²) >= 11 is 0. The van der Waals surface area contributed by atoms with Gasteiger partial charge in [-0.05, 0) is 31.6 Å². The molecule has 1 rings (SSSR count). The van der Waals surface area contributed by atoms with Gasteiger partial charge in [-0.25, -0.2) is 0 Å². The van der Waals surface area contributed by atoms with Crippen molar-refractivity contribution >= 4 is 5.91 Å². The third kappa shape index (κ3) is 3.82. The first-order valence-corrected chi connectivity index (χ1v) is 6.01. The second kappa shape index (κ2) is 5.50. The predicted octanol–water partition coefficient (Wildman–Crippen LogP) is 1.62. The summed E-state index contributed by atoms with van der Waals surface area (Å²) < 4.78 is 0. The van der Waals surface area contributed by atoms with Gasteiger partial charge in [0.1, 0.15) is 0 Å². The second-order valence-corrected chi connectivity index (χ2v) is 5.22. The van der Waals surface area contributed by atoms with Crippen molar-refractivity contribution in [2.24, 2.45) is 17.6 Å². The minimum Gasteiger partial charge on any atom is -0.346 e. The highest BCUT2D eigenvalue weighted by molar-refractivity contribution is 5.79. The molecule has 1 amide bonds. The van der Waals surface area contributed by atoms with Gasteiger partial charge in [0, 0.05) is 25.6 Å². The van der Waals surface area contributed by atoms with Gasteiger partial charge in [-0.1, -0.05) is 13.8 Å². The van der Waals surface area contributed by atoms with E-state index in [9.17, 15) is 4.79 Å². The van der Waals surface area contributed by atoms with Gasteiger partial charge in [0.05, 0.1) is 0 Å². The van der Waals surface area contributed by atoms with Crippen LogP contribution in [0.5, 0.6) is 0 Å². The quantitative estimate of drug-likeness (QED) is 0.752. The van der Waals surface area contributed by atoms with Gasteiger partial charge in [-0.3, -0.25) is 4.79 Å². The van der Waals surface area contributed by atoms with Gasteiger partial charge in [0.2, 0.25) is 5.91 Å². The van der Waals surface area contributed by atoms with Crippen LogP contribution in [0.15, 0.2) is 0 Å². The highest BCUT2D eigenvalue weighted by atomic mass is 16.2. The standard InChI is InChI=1S/C12H24N2O/c1-9(2)5-4-6-14(3)12(15)10-7-11(13)8-10/h9-11H,4-8,13H2,1-3H3. The van der Waals surface area contributed by atoms with E-state index in [0.717, 1.165) is 31.7 Å². The van der Waals surface area contributed by atoms with Crippen LogP contribution >= 0.6 is 0 Å². The molecule has 1 aliphatic rings. The van der Waals surface area contributed by atoms with Crippen LogP contribution in [-0.2, 0) is 4.79 Å². The molecule has 3 nitrogen and oxygen atoms in total. The van der Waals surface area contributed by atoms with Crippen molar-refractivity contribution in [3.05, 3.63) is 0 Å². The molecule has 0 saturated heterocycles. The van der Waals surface area contributed by atoms with E-state index in [1.54, 1.807) is 0 Å². The van der Waals surface area contributed by atoms with Gasteiger partial charge >= 0.3 is 0 Å². The molecule has 0 spiro atoms. The van der Waals surface area contributed by atoms with E-state index < -0.39 is 0 Å². The van der Waals surface area contributed by atoms with Crippen LogP contribution in [-0.4, -0.2) is 30.4 Å². The molecule has 1 aliphatic carbocycles. The van der Waals surface area contributed by atoms with Crippen molar-refractivity contribution in [2.45, 2.75) is 45.6 Å². The molecule has 0 unspecified atom stereocenters. The lowest BCUT2D eigenvalue weighted by Crippen LogP contribution is -2.45. The number of carbonyl (C=O) groups is 1. The summed E-state index contributed by atoms with van der Waals surface area (Å²) in [5, 5.41) is 0. The molecular weight excluding hydrogens is 188 g/mol. The fourth-order valence-corrected chi connectivity index (χ4v) is 2.02. The molecule has 0 aliphatic heterocycles. The van der Waals surface area contributed by atoms with Crippen LogP contribution in [0.25, 0.3) is 0 Å². The lowest BCUT2D eigenvalue weighted by atomic mass is 9.80. The maximum Gasteiger partial charge on any atom is 0.225 e. The molecule has 0 aromatic carbocycles. The van der Waals surface area contributed by atoms with Crippen molar-refractivity contribution < 1.29 is 4.79 Å². The molecule has 0 heterocycles. The lowest BCUT2D eigenvalue weighted by Gasteiger charge is -2.34. The minimum atomic E-state index is 0.212. The Kier molecular flexibility index (Phi) is 4.58. The normalized spacial score (nSPS) is 25.1. The van der Waals surface area contributed by atoms with Gasteiger partial charge in [0.25, 0.3) is 0 Å². The summed E-state index contributed by atoms with van der Waals surface area (Å²) in [5.74, 6) is 1.23. The van der Waals surface area contributed by atoms with Crippen LogP contribution in [0.3, 0.4) is 0 Å². The summed E-state index contributed by atoms with van der Waals surface area (Å²) in [6.07, 6.45) is 4.07. The lowest BCUT2D eigenvalue weighted by molar-refractivity contribution is -0.137. The summed E-state index contributed by atoms with van der Waals surface area (Å²) in [7, 11) is 1.91. The van der Waals surface area contributed by atoms with Gasteiger partial charge in [-0.2, -0.15) is 0 Å². The summed E-state index contributed by atoms with van der Waals surface area (Å²) in [5.41, 5.74) is 5.68. The average Bonchev–Trinajstić information content (AvgIpc) is 2.11. The fraction of sp³-hybridized carbons (Fsp3) is 0.917. The number of carbonyl (C=O) groups excluding carboxylic acids is 1. The maximum atomic E-state index is 11.8. The van der Waals surface area contributed by atoms with Gasteiger partial charge in [-0.15, -0.1) is 0 Å². The number of nitrogens with zero attached hydrogens (tertiary/aromatic N) is 1. The molecular formula is C12H24N2O. The van der Waals surface area contributed by atoms with Gasteiger partial charge < -0.3 is 10.6 Å². The Hall–Kier alpha value is -0.570. The second-order valence-electron chi connectivity index (χ2n) is 5.22. The maximum absolute atomic E-state index is 11.8. The molecule has 0 bridgehead atoms. The first-order chi connectivity index (χ1) is 7.00. The van der Waals surface area contributed by atoms with E-state index in [4.69, 9.17) is 5.73 Å². The van der Waals surface area contributed by atoms with Crippen molar-refractivity contribution in [2.75, 3.05) is 13.6 Å². The monoisotopic (exact) mass is 212 g/mol. The molecule has 2 N–H and O–H groups in total. The number of nitrogens with two attached hydrogens (primary N) is 1. The Labute approximate surface area is 93.0 Å². The number of amides is 1. The first kappa shape index (κ1) is 12.5. The van der Waals surface area contributed by atoms with Crippen LogP contribution < -0.4 is 5.73 Å². The molecule has 1 saturated carbocycles. The number of hydrogen-bond donors (Lipinski definition) is 1. The van der Waals surface area contributed by atoms with E-state index in [1.165, 1.54) is 6.42 Å². The highest BCUT2D eigenvalue weighted by Gasteiger charge is 2.33. The number of hydrogen-bond acceptors (Lipinski definition) is 2. The first-order valence-electron chi connectivity index (χ1n) is 6.01. The Bertz CT molecular complexity index is 210. The van der Waals surface area contributed by atoms with Gasteiger partial charge in [0.15, 0.2) is 0 Å². The summed E-state index contributed by atoms with van der Waals surface area (Å²) in [6, 6.07) is 0.267. The molecule has 15 heavy (non-hydrogen) atoms. The zero-order valence-corrected chi connectivity index (χ0v) is 10.2. The zero-order chi connectivity index (χ0) is 11.4. The molecule has 88 valence electrons. The number of rotatable bonds is 5. The zero-order valence-electron chi connectivity index (χ0n) is 10.2. The van der Waals surface area contributed by atoms with Crippen LogP contribution in [0.1, 0.15) is 39.5 Å². The molecule has 0 aromatic heterocycles. The Morgan fingerprint density at radius 3 is 2.53 bits per heavy atom. The van der Waals surface area contributed by atoms with Crippen molar-refractivity contribution in [3.8, 4) is 0 Å². The summed E-state index contributed by atoms with van der Waals surface area (Å²) in [6.45, 7) is 5.32. The van der Waals surface area contributed by atoms with E-state index in [-0.39, 0.29) is 12.0 Å². The third-order valence-electron chi connectivity index (χ3n) is 3.17. The molecule has 0 aromatic rings. The van der Waals surface area contributed by atoms with Crippen LogP contribution in [0, 0.1) is 11.8 Å². The largest absolute Gasteiger partial charge is 0.346 e. The smallest absolute Gasteiger partial charge is 0.225 e. The molecule has 3 heteroatoms. The minimum absolute atomic E-state index is 0.212.